The fourth-order valence-electron chi connectivity index (χ4n) is 1.90. The highest BCUT2D eigenvalue weighted by Crippen LogP contribution is 2.32. The van der Waals surface area contributed by atoms with Crippen LogP contribution < -0.4 is 20.1 Å². The fourth-order valence-corrected chi connectivity index (χ4v) is 2.31. The van der Waals surface area contributed by atoms with Crippen molar-refractivity contribution < 1.29 is 9.47 Å². The number of thiocarbonyl (C=S) groups is 1. The van der Waals surface area contributed by atoms with Crippen molar-refractivity contribution in [1.82, 2.24) is 5.32 Å². The third-order valence-electron chi connectivity index (χ3n) is 3.02. The number of para-hydroxylation sites is 1. The van der Waals surface area contributed by atoms with Crippen LogP contribution in [0, 0.1) is 0 Å². The number of ether oxygens (including phenoxy) is 2. The van der Waals surface area contributed by atoms with Crippen LogP contribution in [0.2, 0.25) is 5.02 Å². The first-order valence-corrected chi connectivity index (χ1v) is 7.43. The molecule has 0 saturated heterocycles. The van der Waals surface area contributed by atoms with Gasteiger partial charge < -0.3 is 20.1 Å². The Balaban J connectivity index is 2.00. The Bertz CT molecular complexity index is 650. The van der Waals surface area contributed by atoms with Crippen LogP contribution in [0.15, 0.2) is 42.5 Å². The molecule has 6 heteroatoms. The predicted octanol–water partition coefficient (Wildman–Crippen LogP) is 3.84. The molecule has 2 aromatic rings. The van der Waals surface area contributed by atoms with Gasteiger partial charge in [0.15, 0.2) is 16.6 Å². The van der Waals surface area contributed by atoms with E-state index in [4.69, 9.17) is 33.3 Å². The number of hydrogen-bond donors (Lipinski definition) is 2. The van der Waals surface area contributed by atoms with E-state index in [1.165, 1.54) is 0 Å². The van der Waals surface area contributed by atoms with Crippen molar-refractivity contribution in [2.24, 2.45) is 0 Å². The van der Waals surface area contributed by atoms with Crippen molar-refractivity contribution in [3.05, 3.63) is 53.1 Å². The summed E-state index contributed by atoms with van der Waals surface area (Å²) in [6, 6.07) is 13.3. The van der Waals surface area contributed by atoms with Gasteiger partial charge in [-0.2, -0.15) is 0 Å². The molecule has 2 N–H and O–H groups in total. The molecule has 0 amide bonds. The average Bonchev–Trinajstić information content (AvgIpc) is 2.54. The van der Waals surface area contributed by atoms with Gasteiger partial charge in [-0.05, 0) is 36.0 Å². The summed E-state index contributed by atoms with van der Waals surface area (Å²) >= 11 is 11.5. The number of benzene rings is 2. The Morgan fingerprint density at radius 3 is 2.36 bits per heavy atom. The number of rotatable bonds is 5. The molecule has 0 fully saturated rings. The van der Waals surface area contributed by atoms with Gasteiger partial charge in [0.1, 0.15) is 0 Å². The topological polar surface area (TPSA) is 42.5 Å². The Morgan fingerprint density at radius 1 is 1.09 bits per heavy atom. The van der Waals surface area contributed by atoms with Crippen LogP contribution in [0.5, 0.6) is 11.5 Å². The van der Waals surface area contributed by atoms with Crippen molar-refractivity contribution in [2.75, 3.05) is 19.5 Å². The molecule has 0 aliphatic heterocycles. The van der Waals surface area contributed by atoms with E-state index in [9.17, 15) is 0 Å². The lowest BCUT2D eigenvalue weighted by Crippen LogP contribution is -2.28. The zero-order valence-corrected chi connectivity index (χ0v) is 13.9. The monoisotopic (exact) mass is 336 g/mol. The molecule has 0 spiro atoms. The van der Waals surface area contributed by atoms with Gasteiger partial charge in [-0.25, -0.2) is 0 Å². The first-order valence-electron chi connectivity index (χ1n) is 6.64. The van der Waals surface area contributed by atoms with Crippen molar-refractivity contribution in [2.45, 2.75) is 6.54 Å². The van der Waals surface area contributed by atoms with Gasteiger partial charge in [-0.1, -0.05) is 29.8 Å². The largest absolute Gasteiger partial charge is 0.493 e. The normalized spacial score (nSPS) is 9.95. The van der Waals surface area contributed by atoms with Gasteiger partial charge in [0.2, 0.25) is 0 Å². The summed E-state index contributed by atoms with van der Waals surface area (Å²) in [6.45, 7) is 0.484. The van der Waals surface area contributed by atoms with Gasteiger partial charge in [0, 0.05) is 23.3 Å². The summed E-state index contributed by atoms with van der Waals surface area (Å²) in [5.74, 6) is 1.23. The van der Waals surface area contributed by atoms with Gasteiger partial charge in [0.25, 0.3) is 0 Å². The van der Waals surface area contributed by atoms with Gasteiger partial charge in [-0.3, -0.25) is 0 Å². The molecule has 0 unspecified atom stereocenters. The molecule has 22 heavy (non-hydrogen) atoms. The molecule has 2 rings (SSSR count). The van der Waals surface area contributed by atoms with E-state index in [1.54, 1.807) is 20.3 Å². The number of hydrogen-bond acceptors (Lipinski definition) is 3. The van der Waals surface area contributed by atoms with Crippen LogP contribution in [0.4, 0.5) is 5.69 Å². The SMILES string of the molecule is COc1cc(Cl)c(CNC(=S)Nc2ccccc2)cc1OC. The quantitative estimate of drug-likeness (QED) is 0.812. The molecule has 0 radical (unpaired) electrons. The van der Waals surface area contributed by atoms with Crippen LogP contribution in [0.3, 0.4) is 0 Å². The number of methoxy groups -OCH3 is 2. The van der Waals surface area contributed by atoms with Crippen molar-refractivity contribution >= 4 is 34.6 Å². The van der Waals surface area contributed by atoms with Crippen LogP contribution in [0.1, 0.15) is 5.56 Å². The van der Waals surface area contributed by atoms with Crippen molar-refractivity contribution in [1.29, 1.82) is 0 Å². The summed E-state index contributed by atoms with van der Waals surface area (Å²) in [6.07, 6.45) is 0. The summed E-state index contributed by atoms with van der Waals surface area (Å²) in [5.41, 5.74) is 1.80. The maximum Gasteiger partial charge on any atom is 0.171 e. The van der Waals surface area contributed by atoms with Gasteiger partial charge >= 0.3 is 0 Å². The zero-order chi connectivity index (χ0) is 15.9. The molecular weight excluding hydrogens is 320 g/mol. The third kappa shape index (κ3) is 4.26. The summed E-state index contributed by atoms with van der Waals surface area (Å²) in [5, 5.41) is 7.34. The highest BCUT2D eigenvalue weighted by atomic mass is 35.5. The fraction of sp³-hybridized carbons (Fsp3) is 0.188. The van der Waals surface area contributed by atoms with E-state index >= 15 is 0 Å². The van der Waals surface area contributed by atoms with Crippen molar-refractivity contribution in [3.8, 4) is 11.5 Å². The molecule has 0 aliphatic carbocycles. The molecule has 0 heterocycles. The maximum atomic E-state index is 6.24. The Kier molecular flexibility index (Phi) is 5.86. The molecule has 0 saturated carbocycles. The highest BCUT2D eigenvalue weighted by molar-refractivity contribution is 7.80. The second kappa shape index (κ2) is 7.87. The molecule has 0 aromatic heterocycles. The molecule has 0 bridgehead atoms. The summed E-state index contributed by atoms with van der Waals surface area (Å²) < 4.78 is 10.5. The molecule has 4 nitrogen and oxygen atoms in total. The minimum absolute atomic E-state index is 0.484. The van der Waals surface area contributed by atoms with Crippen LogP contribution >= 0.6 is 23.8 Å². The van der Waals surface area contributed by atoms with Gasteiger partial charge in [-0.15, -0.1) is 0 Å². The van der Waals surface area contributed by atoms with Crippen molar-refractivity contribution in [3.63, 3.8) is 0 Å². The molecule has 2 aromatic carbocycles. The molecule has 0 aliphatic rings. The maximum absolute atomic E-state index is 6.24. The lowest BCUT2D eigenvalue weighted by atomic mass is 10.2. The second-order valence-electron chi connectivity index (χ2n) is 4.47. The number of halogens is 1. The van der Waals surface area contributed by atoms with E-state index < -0.39 is 0 Å². The number of anilines is 1. The van der Waals surface area contributed by atoms with Crippen LogP contribution in [-0.4, -0.2) is 19.3 Å². The Morgan fingerprint density at radius 2 is 1.73 bits per heavy atom. The van der Waals surface area contributed by atoms with Crippen LogP contribution in [-0.2, 0) is 6.54 Å². The van der Waals surface area contributed by atoms with E-state index in [0.717, 1.165) is 11.3 Å². The van der Waals surface area contributed by atoms with E-state index in [2.05, 4.69) is 10.6 Å². The van der Waals surface area contributed by atoms with E-state index in [0.29, 0.717) is 28.2 Å². The standard InChI is InChI=1S/C16H17ClN2O2S/c1-20-14-8-11(13(17)9-15(14)21-2)10-18-16(22)19-12-6-4-3-5-7-12/h3-9H,10H2,1-2H3,(H2,18,19,22). The predicted molar refractivity (Wildman–Crippen MR) is 94.1 cm³/mol. The summed E-state index contributed by atoms with van der Waals surface area (Å²) in [4.78, 5) is 0. The average molecular weight is 337 g/mol. The van der Waals surface area contributed by atoms with Gasteiger partial charge in [0.05, 0.1) is 14.2 Å². The van der Waals surface area contributed by atoms with Crippen LogP contribution in [0.25, 0.3) is 0 Å². The molecule has 116 valence electrons. The zero-order valence-electron chi connectivity index (χ0n) is 12.4. The molecular formula is C16H17ClN2O2S. The molecule has 0 atom stereocenters. The smallest absolute Gasteiger partial charge is 0.171 e. The lowest BCUT2D eigenvalue weighted by molar-refractivity contribution is 0.354. The van der Waals surface area contributed by atoms with E-state index in [-0.39, 0.29) is 0 Å². The first kappa shape index (κ1) is 16.4. The second-order valence-corrected chi connectivity index (χ2v) is 5.29. The summed E-state index contributed by atoms with van der Waals surface area (Å²) in [7, 11) is 3.16. The third-order valence-corrected chi connectivity index (χ3v) is 3.62. The number of nitrogens with one attached hydrogen (secondary N) is 2. The minimum atomic E-state index is 0.484. The Labute approximate surface area is 140 Å². The minimum Gasteiger partial charge on any atom is -0.493 e. The first-order chi connectivity index (χ1) is 10.6. The Hall–Kier alpha value is -1.98. The van der Waals surface area contributed by atoms with E-state index in [1.807, 2.05) is 36.4 Å². The highest BCUT2D eigenvalue weighted by Gasteiger charge is 2.10. The lowest BCUT2D eigenvalue weighted by Gasteiger charge is -2.14.